The molecule has 2 nitrogen and oxygen atoms in total. The van der Waals surface area contributed by atoms with Crippen LogP contribution in [0.25, 0.3) is 0 Å². The molecule has 0 spiro atoms. The Bertz CT molecular complexity index is 162. The lowest BCUT2D eigenvalue weighted by atomic mass is 10.1. The second kappa shape index (κ2) is 10.7. The molecule has 0 saturated heterocycles. The Balaban J connectivity index is 3.08. The van der Waals surface area contributed by atoms with Crippen LogP contribution < -0.4 is 5.73 Å². The standard InChI is InChI=1S/C12H24INO/c1-2-3-4-5-6-7-8-9-10-11(13)12(14)15/h11H,2-10H2,1H3,(H2,14,15). The van der Waals surface area contributed by atoms with E-state index in [4.69, 9.17) is 5.73 Å². The predicted molar refractivity (Wildman–Crippen MR) is 74.2 cm³/mol. The van der Waals surface area contributed by atoms with Crippen molar-refractivity contribution in [2.24, 2.45) is 5.73 Å². The van der Waals surface area contributed by atoms with Crippen LogP contribution in [0.1, 0.15) is 64.7 Å². The number of nitrogens with two attached hydrogens (primary N) is 1. The average molecular weight is 325 g/mol. The van der Waals surface area contributed by atoms with Gasteiger partial charge in [0.25, 0.3) is 0 Å². The lowest BCUT2D eigenvalue weighted by Gasteiger charge is -2.05. The van der Waals surface area contributed by atoms with E-state index in [1.54, 1.807) is 0 Å². The summed E-state index contributed by atoms with van der Waals surface area (Å²) in [6, 6.07) is 0. The Morgan fingerprint density at radius 3 is 2.00 bits per heavy atom. The second-order valence-corrected chi connectivity index (χ2v) is 5.64. The van der Waals surface area contributed by atoms with Crippen molar-refractivity contribution in [3.05, 3.63) is 0 Å². The highest BCUT2D eigenvalue weighted by Crippen LogP contribution is 2.13. The number of amides is 1. The third-order valence-corrected chi connectivity index (χ3v) is 3.86. The molecule has 90 valence electrons. The van der Waals surface area contributed by atoms with Crippen molar-refractivity contribution in [1.82, 2.24) is 0 Å². The maximum atomic E-state index is 10.8. The van der Waals surface area contributed by atoms with E-state index in [2.05, 4.69) is 29.5 Å². The summed E-state index contributed by atoms with van der Waals surface area (Å²) in [5.41, 5.74) is 5.19. The monoisotopic (exact) mass is 325 g/mol. The molecule has 0 aliphatic carbocycles. The number of hydrogen-bond acceptors (Lipinski definition) is 1. The van der Waals surface area contributed by atoms with Gasteiger partial charge < -0.3 is 5.73 Å². The van der Waals surface area contributed by atoms with Crippen LogP contribution in [-0.2, 0) is 4.79 Å². The maximum Gasteiger partial charge on any atom is 0.230 e. The molecule has 3 heteroatoms. The second-order valence-electron chi connectivity index (χ2n) is 4.13. The number of hydrogen-bond donors (Lipinski definition) is 1. The molecule has 0 aliphatic heterocycles. The van der Waals surface area contributed by atoms with E-state index in [-0.39, 0.29) is 9.83 Å². The summed E-state index contributed by atoms with van der Waals surface area (Å²) in [5.74, 6) is -0.168. The summed E-state index contributed by atoms with van der Waals surface area (Å²) >= 11 is 2.14. The predicted octanol–water partition coefficient (Wildman–Crippen LogP) is 3.81. The van der Waals surface area contributed by atoms with E-state index < -0.39 is 0 Å². The van der Waals surface area contributed by atoms with Gasteiger partial charge in [-0.3, -0.25) is 4.79 Å². The number of rotatable bonds is 10. The fourth-order valence-electron chi connectivity index (χ4n) is 1.60. The van der Waals surface area contributed by atoms with Crippen molar-refractivity contribution in [3.8, 4) is 0 Å². The number of unbranched alkanes of at least 4 members (excludes halogenated alkanes) is 7. The highest BCUT2D eigenvalue weighted by Gasteiger charge is 2.08. The van der Waals surface area contributed by atoms with Crippen LogP contribution >= 0.6 is 22.6 Å². The first kappa shape index (κ1) is 15.2. The number of halogens is 1. The van der Waals surface area contributed by atoms with Gasteiger partial charge in [0, 0.05) is 0 Å². The van der Waals surface area contributed by atoms with Crippen molar-refractivity contribution in [3.63, 3.8) is 0 Å². The van der Waals surface area contributed by atoms with Crippen LogP contribution in [0.15, 0.2) is 0 Å². The van der Waals surface area contributed by atoms with E-state index in [9.17, 15) is 4.79 Å². The van der Waals surface area contributed by atoms with Crippen LogP contribution in [0.5, 0.6) is 0 Å². The van der Waals surface area contributed by atoms with Gasteiger partial charge in [-0.05, 0) is 6.42 Å². The molecule has 1 atom stereocenters. The van der Waals surface area contributed by atoms with Gasteiger partial charge in [-0.25, -0.2) is 0 Å². The molecule has 1 amide bonds. The first-order chi connectivity index (χ1) is 7.18. The van der Waals surface area contributed by atoms with Crippen LogP contribution in [0.3, 0.4) is 0 Å². The number of carbonyl (C=O) groups is 1. The summed E-state index contributed by atoms with van der Waals surface area (Å²) in [6.07, 6.45) is 11.4. The van der Waals surface area contributed by atoms with Gasteiger partial charge in [-0.15, -0.1) is 0 Å². The highest BCUT2D eigenvalue weighted by atomic mass is 127. The third-order valence-electron chi connectivity index (χ3n) is 2.62. The highest BCUT2D eigenvalue weighted by molar-refractivity contribution is 14.1. The van der Waals surface area contributed by atoms with Crippen molar-refractivity contribution in [2.75, 3.05) is 0 Å². The molecule has 0 fully saturated rings. The SMILES string of the molecule is CCCCCCCCCCC(I)C(N)=O. The van der Waals surface area contributed by atoms with Crippen molar-refractivity contribution < 1.29 is 4.79 Å². The molecular formula is C12H24INO. The van der Waals surface area contributed by atoms with Gasteiger partial charge in [0.15, 0.2) is 0 Å². The Morgan fingerprint density at radius 1 is 1.07 bits per heavy atom. The smallest absolute Gasteiger partial charge is 0.230 e. The topological polar surface area (TPSA) is 43.1 Å². The Kier molecular flexibility index (Phi) is 10.9. The molecule has 2 N–H and O–H groups in total. The Labute approximate surface area is 108 Å². The van der Waals surface area contributed by atoms with Crippen LogP contribution in [0.2, 0.25) is 0 Å². The minimum absolute atomic E-state index is 0.0303. The van der Waals surface area contributed by atoms with Gasteiger partial charge in [-0.2, -0.15) is 0 Å². The molecule has 0 heterocycles. The molecule has 0 aromatic carbocycles. The summed E-state index contributed by atoms with van der Waals surface area (Å²) in [6.45, 7) is 2.24. The quantitative estimate of drug-likeness (QED) is 0.370. The minimum atomic E-state index is -0.168. The van der Waals surface area contributed by atoms with Crippen molar-refractivity contribution in [2.45, 2.75) is 68.6 Å². The van der Waals surface area contributed by atoms with Crippen LogP contribution in [-0.4, -0.2) is 9.83 Å². The van der Waals surface area contributed by atoms with Gasteiger partial charge in [-0.1, -0.05) is 80.9 Å². The normalized spacial score (nSPS) is 12.7. The van der Waals surface area contributed by atoms with E-state index in [1.165, 1.54) is 44.9 Å². The van der Waals surface area contributed by atoms with Crippen LogP contribution in [0.4, 0.5) is 0 Å². The first-order valence-electron chi connectivity index (χ1n) is 6.12. The lowest BCUT2D eigenvalue weighted by Crippen LogP contribution is -2.22. The molecule has 15 heavy (non-hydrogen) atoms. The molecule has 1 unspecified atom stereocenters. The Hall–Kier alpha value is 0.200. The fourth-order valence-corrected chi connectivity index (χ4v) is 2.04. The average Bonchev–Trinajstić information content (AvgIpc) is 2.21. The van der Waals surface area contributed by atoms with Gasteiger partial charge >= 0.3 is 0 Å². The van der Waals surface area contributed by atoms with E-state index in [0.717, 1.165) is 12.8 Å². The number of primary amides is 1. The minimum Gasteiger partial charge on any atom is -0.369 e. The molecule has 0 aromatic rings. The van der Waals surface area contributed by atoms with Gasteiger partial charge in [0.05, 0.1) is 3.92 Å². The zero-order chi connectivity index (χ0) is 11.5. The lowest BCUT2D eigenvalue weighted by molar-refractivity contribution is -0.117. The third kappa shape index (κ3) is 10.5. The molecule has 0 bridgehead atoms. The molecule has 0 saturated carbocycles. The fraction of sp³-hybridized carbons (Fsp3) is 0.917. The summed E-state index contributed by atoms with van der Waals surface area (Å²) in [5, 5.41) is 0. The van der Waals surface area contributed by atoms with Crippen LogP contribution in [0, 0.1) is 0 Å². The molecule has 0 aliphatic rings. The van der Waals surface area contributed by atoms with Crippen molar-refractivity contribution in [1.29, 1.82) is 0 Å². The molecule has 0 aromatic heterocycles. The zero-order valence-electron chi connectivity index (χ0n) is 9.80. The van der Waals surface area contributed by atoms with E-state index in [0.29, 0.717) is 0 Å². The first-order valence-corrected chi connectivity index (χ1v) is 7.36. The number of carbonyl (C=O) groups excluding carboxylic acids is 1. The molecule has 0 radical (unpaired) electrons. The Morgan fingerprint density at radius 2 is 1.53 bits per heavy atom. The van der Waals surface area contributed by atoms with Gasteiger partial charge in [0.1, 0.15) is 0 Å². The molecule has 0 rings (SSSR count). The van der Waals surface area contributed by atoms with E-state index >= 15 is 0 Å². The zero-order valence-corrected chi connectivity index (χ0v) is 12.0. The number of alkyl halides is 1. The van der Waals surface area contributed by atoms with E-state index in [1.807, 2.05) is 0 Å². The summed E-state index contributed by atoms with van der Waals surface area (Å²) in [7, 11) is 0. The van der Waals surface area contributed by atoms with Gasteiger partial charge in [0.2, 0.25) is 5.91 Å². The maximum absolute atomic E-state index is 10.8. The largest absolute Gasteiger partial charge is 0.369 e. The van der Waals surface area contributed by atoms with Crippen molar-refractivity contribution >= 4 is 28.5 Å². The molecular weight excluding hydrogens is 301 g/mol. The summed E-state index contributed by atoms with van der Waals surface area (Å²) in [4.78, 5) is 10.8. The summed E-state index contributed by atoms with van der Waals surface area (Å²) < 4.78 is 0.0303.